The summed E-state index contributed by atoms with van der Waals surface area (Å²) in [7, 11) is 1.47. The average molecular weight is 309 g/mol. The predicted molar refractivity (Wildman–Crippen MR) is 83.7 cm³/mol. The van der Waals surface area contributed by atoms with Gasteiger partial charge in [0, 0.05) is 23.3 Å². The lowest BCUT2D eigenvalue weighted by Crippen LogP contribution is -2.57. The first-order chi connectivity index (χ1) is 10.1. The summed E-state index contributed by atoms with van der Waals surface area (Å²) in [6.45, 7) is 2.10. The zero-order chi connectivity index (χ0) is 14.9. The molecule has 114 valence electrons. The van der Waals surface area contributed by atoms with E-state index in [0.29, 0.717) is 11.1 Å². The molecule has 2 saturated heterocycles. The Morgan fingerprint density at radius 3 is 2.86 bits per heavy atom. The molecule has 1 aromatic rings. The van der Waals surface area contributed by atoms with Gasteiger partial charge >= 0.3 is 5.97 Å². The number of hydrogen-bond acceptors (Lipinski definition) is 4. The van der Waals surface area contributed by atoms with Gasteiger partial charge in [0.1, 0.15) is 5.54 Å². The van der Waals surface area contributed by atoms with Crippen molar-refractivity contribution in [2.45, 2.75) is 37.3 Å². The van der Waals surface area contributed by atoms with Crippen LogP contribution in [0.3, 0.4) is 0 Å². The minimum Gasteiger partial charge on any atom is -0.467 e. The zero-order valence-corrected chi connectivity index (χ0v) is 13.0. The Morgan fingerprint density at radius 2 is 2.14 bits per heavy atom. The molecule has 1 N–H and O–H groups in total. The molecule has 0 aromatic heterocycles. The third kappa shape index (κ3) is 2.87. The van der Waals surface area contributed by atoms with Crippen LogP contribution < -0.4 is 5.32 Å². The summed E-state index contributed by atoms with van der Waals surface area (Å²) in [5.74, 6) is -0.163. The third-order valence-electron chi connectivity index (χ3n) is 4.71. The summed E-state index contributed by atoms with van der Waals surface area (Å²) >= 11 is 5.93. The van der Waals surface area contributed by atoms with Crippen molar-refractivity contribution in [3.63, 3.8) is 0 Å². The number of nitrogens with zero attached hydrogens (tertiary/aromatic N) is 1. The van der Waals surface area contributed by atoms with Crippen LogP contribution in [-0.4, -0.2) is 42.6 Å². The van der Waals surface area contributed by atoms with Crippen LogP contribution in [0.5, 0.6) is 0 Å². The molecule has 2 fully saturated rings. The molecule has 2 unspecified atom stereocenters. The Bertz CT molecular complexity index is 520. The molecule has 0 aliphatic carbocycles. The fourth-order valence-electron chi connectivity index (χ4n) is 3.61. The Kier molecular flexibility index (Phi) is 4.09. The number of piperidine rings is 1. The maximum atomic E-state index is 12.4. The second kappa shape index (κ2) is 5.85. The van der Waals surface area contributed by atoms with Crippen LogP contribution in [0.2, 0.25) is 5.02 Å². The lowest BCUT2D eigenvalue weighted by Gasteiger charge is -2.43. The molecule has 2 atom stereocenters. The maximum Gasteiger partial charge on any atom is 0.331 e. The summed E-state index contributed by atoms with van der Waals surface area (Å²) in [5, 5.41) is 4.12. The maximum absolute atomic E-state index is 12.4. The number of ether oxygens (including phenoxy) is 1. The van der Waals surface area contributed by atoms with Gasteiger partial charge in [-0.2, -0.15) is 0 Å². The molecular weight excluding hydrogens is 288 g/mol. The first kappa shape index (κ1) is 14.7. The number of fused-ring (bicyclic) bond motifs is 1. The van der Waals surface area contributed by atoms with Crippen LogP contribution in [0.4, 0.5) is 5.69 Å². The van der Waals surface area contributed by atoms with Crippen LogP contribution in [0.1, 0.15) is 25.7 Å². The lowest BCUT2D eigenvalue weighted by atomic mass is 9.83. The number of halogens is 1. The molecule has 0 saturated carbocycles. The van der Waals surface area contributed by atoms with Crippen molar-refractivity contribution in [1.82, 2.24) is 4.90 Å². The van der Waals surface area contributed by atoms with Gasteiger partial charge in [0.15, 0.2) is 0 Å². The third-order valence-corrected chi connectivity index (χ3v) is 4.96. The van der Waals surface area contributed by atoms with Gasteiger partial charge in [0.25, 0.3) is 0 Å². The van der Waals surface area contributed by atoms with Gasteiger partial charge in [0.2, 0.25) is 0 Å². The highest BCUT2D eigenvalue weighted by molar-refractivity contribution is 6.30. The van der Waals surface area contributed by atoms with Crippen LogP contribution in [0.25, 0.3) is 0 Å². The second-order valence-electron chi connectivity index (χ2n) is 5.99. The molecule has 5 heteroatoms. The average Bonchev–Trinajstić information content (AvgIpc) is 2.96. The molecule has 2 aliphatic heterocycles. The van der Waals surface area contributed by atoms with Crippen molar-refractivity contribution in [3.05, 3.63) is 29.3 Å². The number of rotatable bonds is 3. The largest absolute Gasteiger partial charge is 0.467 e. The number of methoxy groups -OCH3 is 1. The van der Waals surface area contributed by atoms with E-state index in [1.54, 1.807) is 0 Å². The minimum atomic E-state index is -0.617. The fraction of sp³-hybridized carbons (Fsp3) is 0.562. The van der Waals surface area contributed by atoms with E-state index < -0.39 is 5.54 Å². The topological polar surface area (TPSA) is 41.6 Å². The van der Waals surface area contributed by atoms with Gasteiger partial charge in [0.05, 0.1) is 7.11 Å². The normalized spacial score (nSPS) is 29.0. The van der Waals surface area contributed by atoms with E-state index in [0.717, 1.165) is 31.6 Å². The van der Waals surface area contributed by atoms with E-state index in [-0.39, 0.29) is 5.97 Å². The number of benzene rings is 1. The highest BCUT2D eigenvalue weighted by Crippen LogP contribution is 2.36. The Labute approximate surface area is 130 Å². The van der Waals surface area contributed by atoms with Crippen LogP contribution >= 0.6 is 11.6 Å². The van der Waals surface area contributed by atoms with Gasteiger partial charge < -0.3 is 15.0 Å². The molecule has 1 aromatic carbocycles. The van der Waals surface area contributed by atoms with Gasteiger partial charge in [-0.15, -0.1) is 0 Å². The van der Waals surface area contributed by atoms with Gasteiger partial charge in [-0.05, 0) is 56.5 Å². The molecule has 0 radical (unpaired) electrons. The summed E-state index contributed by atoms with van der Waals surface area (Å²) < 4.78 is 5.09. The predicted octanol–water partition coefficient (Wildman–Crippen LogP) is 2.92. The smallest absolute Gasteiger partial charge is 0.331 e. The molecule has 21 heavy (non-hydrogen) atoms. The number of nitrogens with one attached hydrogen (secondary N) is 1. The van der Waals surface area contributed by atoms with Crippen molar-refractivity contribution in [1.29, 1.82) is 0 Å². The van der Waals surface area contributed by atoms with E-state index in [1.807, 2.05) is 24.3 Å². The summed E-state index contributed by atoms with van der Waals surface area (Å²) in [6, 6.07) is 7.97. The van der Waals surface area contributed by atoms with Gasteiger partial charge in [-0.1, -0.05) is 11.6 Å². The van der Waals surface area contributed by atoms with Crippen LogP contribution in [0, 0.1) is 0 Å². The van der Waals surface area contributed by atoms with Crippen molar-refractivity contribution in [2.24, 2.45) is 0 Å². The highest BCUT2D eigenvalue weighted by atomic mass is 35.5. The van der Waals surface area contributed by atoms with E-state index in [1.165, 1.54) is 20.0 Å². The van der Waals surface area contributed by atoms with Gasteiger partial charge in [-0.3, -0.25) is 0 Å². The zero-order valence-electron chi connectivity index (χ0n) is 12.3. The quantitative estimate of drug-likeness (QED) is 0.872. The number of carbonyl (C=O) groups is 1. The SMILES string of the molecule is COC(=O)C1(Nc2ccc(Cl)cc2)CCN2CCCC2C1. The number of hydrogen-bond donors (Lipinski definition) is 1. The monoisotopic (exact) mass is 308 g/mol. The Balaban J connectivity index is 1.83. The fourth-order valence-corrected chi connectivity index (χ4v) is 3.74. The standard InChI is InChI=1S/C16H21ClN2O2/c1-21-15(20)16(18-13-6-4-12(17)5-7-13)8-10-19-9-2-3-14(19)11-16/h4-7,14,18H,2-3,8-11H2,1H3. The summed E-state index contributed by atoms with van der Waals surface area (Å²) in [4.78, 5) is 14.9. The van der Waals surface area contributed by atoms with Crippen LogP contribution in [0.15, 0.2) is 24.3 Å². The molecule has 0 amide bonds. The first-order valence-electron chi connectivity index (χ1n) is 7.49. The molecule has 4 nitrogen and oxygen atoms in total. The second-order valence-corrected chi connectivity index (χ2v) is 6.43. The van der Waals surface area contributed by atoms with Crippen molar-refractivity contribution < 1.29 is 9.53 Å². The van der Waals surface area contributed by atoms with E-state index in [9.17, 15) is 4.79 Å². The van der Waals surface area contributed by atoms with E-state index >= 15 is 0 Å². The Hall–Kier alpha value is -1.26. The molecular formula is C16H21ClN2O2. The van der Waals surface area contributed by atoms with E-state index in [4.69, 9.17) is 16.3 Å². The Morgan fingerprint density at radius 1 is 1.38 bits per heavy atom. The number of anilines is 1. The molecule has 0 bridgehead atoms. The molecule has 3 rings (SSSR count). The van der Waals surface area contributed by atoms with Crippen molar-refractivity contribution >= 4 is 23.3 Å². The highest BCUT2D eigenvalue weighted by Gasteiger charge is 2.47. The summed E-state index contributed by atoms with van der Waals surface area (Å²) in [5.41, 5.74) is 0.296. The van der Waals surface area contributed by atoms with Crippen molar-refractivity contribution in [2.75, 3.05) is 25.5 Å². The number of carbonyl (C=O) groups excluding carboxylic acids is 1. The van der Waals surface area contributed by atoms with Crippen LogP contribution in [-0.2, 0) is 9.53 Å². The molecule has 0 spiro atoms. The summed E-state index contributed by atoms with van der Waals surface area (Å²) in [6.07, 6.45) is 3.98. The molecule has 2 heterocycles. The molecule has 2 aliphatic rings. The van der Waals surface area contributed by atoms with Gasteiger partial charge in [-0.25, -0.2) is 4.79 Å². The van der Waals surface area contributed by atoms with E-state index in [2.05, 4.69) is 10.2 Å². The number of esters is 1. The first-order valence-corrected chi connectivity index (χ1v) is 7.87. The van der Waals surface area contributed by atoms with Crippen molar-refractivity contribution in [3.8, 4) is 0 Å². The lowest BCUT2D eigenvalue weighted by molar-refractivity contribution is -0.148. The minimum absolute atomic E-state index is 0.163.